The highest BCUT2D eigenvalue weighted by Crippen LogP contribution is 2.17. The summed E-state index contributed by atoms with van der Waals surface area (Å²) in [5.41, 5.74) is 3.27. The van der Waals surface area contributed by atoms with E-state index in [1.165, 1.54) is 11.1 Å². The summed E-state index contributed by atoms with van der Waals surface area (Å²) in [6, 6.07) is 8.03. The lowest BCUT2D eigenvalue weighted by Gasteiger charge is -2.22. The van der Waals surface area contributed by atoms with Gasteiger partial charge in [-0.2, -0.15) is 5.26 Å². The molecule has 0 bridgehead atoms. The maximum absolute atomic E-state index is 12.4. The van der Waals surface area contributed by atoms with Crippen molar-refractivity contribution < 1.29 is 4.79 Å². The molecular formula is C15H19N3O. The monoisotopic (exact) mass is 257 g/mol. The van der Waals surface area contributed by atoms with E-state index in [1.807, 2.05) is 19.1 Å². The Balaban J connectivity index is 2.16. The van der Waals surface area contributed by atoms with Crippen LogP contribution in [0.4, 0.5) is 0 Å². The number of carbonyl (C=O) groups excluding carboxylic acids is 1. The number of nitrogens with zero attached hydrogens (tertiary/aromatic N) is 2. The summed E-state index contributed by atoms with van der Waals surface area (Å²) in [6.45, 7) is 4.91. The van der Waals surface area contributed by atoms with Gasteiger partial charge < -0.3 is 10.2 Å². The van der Waals surface area contributed by atoms with Crippen LogP contribution < -0.4 is 5.32 Å². The lowest BCUT2D eigenvalue weighted by Crippen LogP contribution is -2.32. The lowest BCUT2D eigenvalue weighted by molar-refractivity contribution is 0.0767. The second-order valence-electron chi connectivity index (χ2n) is 4.70. The maximum atomic E-state index is 12.4. The SMILES string of the molecule is CCN(CCC#N)C(=O)c1ccc2c(c1)CNCC2. The second-order valence-corrected chi connectivity index (χ2v) is 4.70. The van der Waals surface area contributed by atoms with Crippen LogP contribution in [0.1, 0.15) is 34.8 Å². The molecule has 0 atom stereocenters. The van der Waals surface area contributed by atoms with Gasteiger partial charge >= 0.3 is 0 Å². The Labute approximate surface area is 114 Å². The quantitative estimate of drug-likeness (QED) is 0.893. The van der Waals surface area contributed by atoms with E-state index in [1.54, 1.807) is 4.90 Å². The van der Waals surface area contributed by atoms with Crippen LogP contribution in [0.25, 0.3) is 0 Å². The van der Waals surface area contributed by atoms with E-state index in [0.717, 1.165) is 25.1 Å². The van der Waals surface area contributed by atoms with Gasteiger partial charge in [0.05, 0.1) is 12.5 Å². The zero-order valence-electron chi connectivity index (χ0n) is 11.3. The molecule has 0 saturated heterocycles. The number of rotatable bonds is 4. The first-order valence-electron chi connectivity index (χ1n) is 6.75. The average molecular weight is 257 g/mol. The standard InChI is InChI=1S/C15H19N3O/c1-2-18(9-3-7-16)15(19)13-5-4-12-6-8-17-11-14(12)10-13/h4-5,10,17H,2-3,6,8-9,11H2,1H3. The Morgan fingerprint density at radius 2 is 2.32 bits per heavy atom. The third-order valence-electron chi connectivity index (χ3n) is 3.50. The molecule has 0 aromatic heterocycles. The lowest BCUT2D eigenvalue weighted by atomic mass is 9.98. The molecule has 0 aliphatic carbocycles. The molecule has 0 saturated carbocycles. The van der Waals surface area contributed by atoms with Crippen LogP contribution in [0.5, 0.6) is 0 Å². The molecule has 1 aliphatic rings. The Kier molecular flexibility index (Phi) is 4.53. The van der Waals surface area contributed by atoms with E-state index in [2.05, 4.69) is 17.5 Å². The first-order chi connectivity index (χ1) is 9.26. The van der Waals surface area contributed by atoms with Crippen LogP contribution in [-0.2, 0) is 13.0 Å². The minimum atomic E-state index is 0.0196. The first kappa shape index (κ1) is 13.6. The van der Waals surface area contributed by atoms with Crippen LogP contribution in [0.15, 0.2) is 18.2 Å². The number of hydrogen-bond donors (Lipinski definition) is 1. The van der Waals surface area contributed by atoms with Crippen molar-refractivity contribution in [3.63, 3.8) is 0 Å². The summed E-state index contributed by atoms with van der Waals surface area (Å²) in [5.74, 6) is 0.0196. The van der Waals surface area contributed by atoms with Gasteiger partial charge in [0.25, 0.3) is 5.91 Å². The minimum Gasteiger partial charge on any atom is -0.338 e. The average Bonchev–Trinajstić information content (AvgIpc) is 2.47. The van der Waals surface area contributed by atoms with E-state index in [4.69, 9.17) is 5.26 Å². The van der Waals surface area contributed by atoms with Crippen molar-refractivity contribution in [1.29, 1.82) is 5.26 Å². The zero-order chi connectivity index (χ0) is 13.7. The van der Waals surface area contributed by atoms with Gasteiger partial charge in [-0.15, -0.1) is 0 Å². The van der Waals surface area contributed by atoms with Crippen molar-refractivity contribution in [3.05, 3.63) is 34.9 Å². The highest BCUT2D eigenvalue weighted by Gasteiger charge is 2.16. The molecule has 2 rings (SSSR count). The van der Waals surface area contributed by atoms with Crippen LogP contribution in [0, 0.1) is 11.3 Å². The number of nitrogens with one attached hydrogen (secondary N) is 1. The van der Waals surface area contributed by atoms with Crippen molar-refractivity contribution in [1.82, 2.24) is 10.2 Å². The first-order valence-corrected chi connectivity index (χ1v) is 6.75. The predicted molar refractivity (Wildman–Crippen MR) is 73.7 cm³/mol. The van der Waals surface area contributed by atoms with E-state index >= 15 is 0 Å². The van der Waals surface area contributed by atoms with E-state index in [-0.39, 0.29) is 5.91 Å². The molecule has 4 heteroatoms. The fourth-order valence-electron chi connectivity index (χ4n) is 2.38. The van der Waals surface area contributed by atoms with Crippen molar-refractivity contribution in [2.24, 2.45) is 0 Å². The summed E-state index contributed by atoms with van der Waals surface area (Å²) in [5, 5.41) is 11.9. The van der Waals surface area contributed by atoms with Gasteiger partial charge in [-0.25, -0.2) is 0 Å². The molecule has 19 heavy (non-hydrogen) atoms. The third-order valence-corrected chi connectivity index (χ3v) is 3.50. The molecule has 0 spiro atoms. The van der Waals surface area contributed by atoms with Crippen LogP contribution >= 0.6 is 0 Å². The molecule has 1 aliphatic heterocycles. The highest BCUT2D eigenvalue weighted by molar-refractivity contribution is 5.94. The molecule has 1 amide bonds. The van der Waals surface area contributed by atoms with Gasteiger partial charge in [0.1, 0.15) is 0 Å². The topological polar surface area (TPSA) is 56.1 Å². The third kappa shape index (κ3) is 3.12. The molecule has 100 valence electrons. The summed E-state index contributed by atoms with van der Waals surface area (Å²) in [6.07, 6.45) is 1.40. The van der Waals surface area contributed by atoms with Gasteiger partial charge in [-0.3, -0.25) is 4.79 Å². The second kappa shape index (κ2) is 6.35. The molecule has 0 unspecified atom stereocenters. The van der Waals surface area contributed by atoms with Crippen molar-refractivity contribution in [3.8, 4) is 6.07 Å². The number of benzene rings is 1. The van der Waals surface area contributed by atoms with E-state index in [9.17, 15) is 4.79 Å². The van der Waals surface area contributed by atoms with Gasteiger partial charge in [0.15, 0.2) is 0 Å². The Hall–Kier alpha value is -1.86. The van der Waals surface area contributed by atoms with Gasteiger partial charge in [0.2, 0.25) is 0 Å². The normalized spacial score (nSPS) is 13.5. The Bertz CT molecular complexity index is 505. The molecular weight excluding hydrogens is 238 g/mol. The molecule has 1 heterocycles. The fourth-order valence-corrected chi connectivity index (χ4v) is 2.38. The molecule has 4 nitrogen and oxygen atoms in total. The molecule has 1 aromatic rings. The Morgan fingerprint density at radius 1 is 1.47 bits per heavy atom. The summed E-state index contributed by atoms with van der Waals surface area (Å²) in [7, 11) is 0. The van der Waals surface area contributed by atoms with Crippen molar-refractivity contribution in [2.75, 3.05) is 19.6 Å². The smallest absolute Gasteiger partial charge is 0.253 e. The largest absolute Gasteiger partial charge is 0.338 e. The summed E-state index contributed by atoms with van der Waals surface area (Å²) < 4.78 is 0. The molecule has 0 fully saturated rings. The minimum absolute atomic E-state index is 0.0196. The number of hydrogen-bond acceptors (Lipinski definition) is 3. The number of nitriles is 1. The van der Waals surface area contributed by atoms with Crippen LogP contribution in [0.3, 0.4) is 0 Å². The van der Waals surface area contributed by atoms with Gasteiger partial charge in [-0.05, 0) is 43.1 Å². The van der Waals surface area contributed by atoms with Crippen molar-refractivity contribution in [2.45, 2.75) is 26.3 Å². The van der Waals surface area contributed by atoms with Crippen LogP contribution in [-0.4, -0.2) is 30.4 Å². The van der Waals surface area contributed by atoms with Crippen LogP contribution in [0.2, 0.25) is 0 Å². The van der Waals surface area contributed by atoms with E-state index in [0.29, 0.717) is 19.5 Å². The highest BCUT2D eigenvalue weighted by atomic mass is 16.2. The van der Waals surface area contributed by atoms with E-state index < -0.39 is 0 Å². The molecule has 1 N–H and O–H groups in total. The Morgan fingerprint density at radius 3 is 3.05 bits per heavy atom. The fraction of sp³-hybridized carbons (Fsp3) is 0.467. The summed E-state index contributed by atoms with van der Waals surface area (Å²) in [4.78, 5) is 14.1. The van der Waals surface area contributed by atoms with Gasteiger partial charge in [-0.1, -0.05) is 6.07 Å². The van der Waals surface area contributed by atoms with Gasteiger partial charge in [0, 0.05) is 25.2 Å². The number of amides is 1. The summed E-state index contributed by atoms with van der Waals surface area (Å²) >= 11 is 0. The van der Waals surface area contributed by atoms with Crippen molar-refractivity contribution >= 4 is 5.91 Å². The number of fused-ring (bicyclic) bond motifs is 1. The maximum Gasteiger partial charge on any atom is 0.253 e. The number of carbonyl (C=O) groups is 1. The molecule has 0 radical (unpaired) electrons. The predicted octanol–water partition coefficient (Wildman–Crippen LogP) is 1.71. The zero-order valence-corrected chi connectivity index (χ0v) is 11.3. The molecule has 1 aromatic carbocycles.